The number of hydrogen-bond acceptors (Lipinski definition) is 3. The van der Waals surface area contributed by atoms with Crippen molar-refractivity contribution in [2.24, 2.45) is 5.84 Å². The molecule has 0 fully saturated rings. The van der Waals surface area contributed by atoms with E-state index in [0.29, 0.717) is 0 Å². The SMILES string of the molecule is Cc1cc(NN)c2ccocc1-2. The molecule has 3 nitrogen and oxygen atoms in total. The average molecular weight is 162 g/mol. The molecule has 0 amide bonds. The summed E-state index contributed by atoms with van der Waals surface area (Å²) in [4.78, 5) is 0. The third-order valence-electron chi connectivity index (χ3n) is 2.02. The Bertz CT molecular complexity index is 367. The number of aryl methyl sites for hydroxylation is 1. The minimum absolute atomic E-state index is 0.943. The number of hydrogen-bond donors (Lipinski definition) is 2. The maximum atomic E-state index is 5.35. The predicted molar refractivity (Wildman–Crippen MR) is 47.9 cm³/mol. The Morgan fingerprint density at radius 3 is 3.00 bits per heavy atom. The van der Waals surface area contributed by atoms with Crippen molar-refractivity contribution in [3.8, 4) is 11.1 Å². The van der Waals surface area contributed by atoms with Gasteiger partial charge in [0.05, 0.1) is 18.2 Å². The van der Waals surface area contributed by atoms with E-state index in [0.717, 1.165) is 16.8 Å². The van der Waals surface area contributed by atoms with Crippen molar-refractivity contribution in [1.29, 1.82) is 0 Å². The molecule has 0 saturated carbocycles. The molecule has 1 heterocycles. The topological polar surface area (TPSA) is 51.2 Å². The second-order valence-corrected chi connectivity index (χ2v) is 2.77. The van der Waals surface area contributed by atoms with Crippen LogP contribution in [0.15, 0.2) is 29.1 Å². The maximum absolute atomic E-state index is 5.35. The molecule has 0 saturated heterocycles. The minimum atomic E-state index is 0.943. The van der Waals surface area contributed by atoms with E-state index in [9.17, 15) is 0 Å². The van der Waals surface area contributed by atoms with Gasteiger partial charge in [0.25, 0.3) is 0 Å². The van der Waals surface area contributed by atoms with Gasteiger partial charge in [-0.2, -0.15) is 0 Å². The van der Waals surface area contributed by atoms with E-state index < -0.39 is 0 Å². The second-order valence-electron chi connectivity index (χ2n) is 2.77. The zero-order valence-corrected chi connectivity index (χ0v) is 6.79. The van der Waals surface area contributed by atoms with E-state index in [1.807, 2.05) is 19.1 Å². The molecule has 62 valence electrons. The molecule has 3 heteroatoms. The Morgan fingerprint density at radius 2 is 2.25 bits per heavy atom. The van der Waals surface area contributed by atoms with Crippen LogP contribution < -0.4 is 11.3 Å². The molecule has 0 aromatic heterocycles. The van der Waals surface area contributed by atoms with Crippen molar-refractivity contribution < 1.29 is 4.42 Å². The van der Waals surface area contributed by atoms with Crippen LogP contribution >= 0.6 is 0 Å². The molecular weight excluding hydrogens is 152 g/mol. The highest BCUT2D eigenvalue weighted by Crippen LogP contribution is 2.34. The number of rotatable bonds is 1. The number of nitrogen functional groups attached to an aromatic ring is 1. The molecule has 2 aliphatic rings. The number of nitrogens with one attached hydrogen (secondary N) is 1. The Kier molecular flexibility index (Phi) is 1.52. The monoisotopic (exact) mass is 162 g/mol. The third-order valence-corrected chi connectivity index (χ3v) is 2.02. The molecule has 0 radical (unpaired) electrons. The zero-order chi connectivity index (χ0) is 8.55. The van der Waals surface area contributed by atoms with Gasteiger partial charge in [-0.1, -0.05) is 0 Å². The third kappa shape index (κ3) is 0.871. The fourth-order valence-corrected chi connectivity index (χ4v) is 1.40. The summed E-state index contributed by atoms with van der Waals surface area (Å²) in [6.45, 7) is 2.03. The molecule has 0 aromatic carbocycles. The van der Waals surface area contributed by atoms with Crippen molar-refractivity contribution in [2.45, 2.75) is 6.92 Å². The Hall–Kier alpha value is -1.48. The maximum Gasteiger partial charge on any atom is 0.0983 e. The molecule has 0 unspecified atom stereocenters. The first-order valence-corrected chi connectivity index (χ1v) is 3.75. The Morgan fingerprint density at radius 1 is 1.42 bits per heavy atom. The smallest absolute Gasteiger partial charge is 0.0983 e. The summed E-state index contributed by atoms with van der Waals surface area (Å²) in [6.07, 6.45) is 3.37. The lowest BCUT2D eigenvalue weighted by molar-refractivity contribution is 0.552. The number of nitrogens with two attached hydrogens (primary N) is 1. The molecule has 1 aliphatic carbocycles. The summed E-state index contributed by atoms with van der Waals surface area (Å²) in [5.74, 6) is 5.35. The highest BCUT2D eigenvalue weighted by atomic mass is 16.3. The van der Waals surface area contributed by atoms with Gasteiger partial charge in [0.2, 0.25) is 0 Å². The van der Waals surface area contributed by atoms with E-state index in [-0.39, 0.29) is 0 Å². The molecule has 0 spiro atoms. The standard InChI is InChI=1S/C9H10N2O/c1-6-4-9(11-10)7-2-3-12-5-8(6)7/h2-5,11H,10H2,1H3. The average Bonchev–Trinajstić information content (AvgIpc) is 2.44. The van der Waals surface area contributed by atoms with E-state index in [2.05, 4.69) is 5.43 Å². The largest absolute Gasteiger partial charge is 0.472 e. The van der Waals surface area contributed by atoms with Crippen molar-refractivity contribution in [2.75, 3.05) is 5.43 Å². The lowest BCUT2D eigenvalue weighted by atomic mass is 10.1. The quantitative estimate of drug-likeness (QED) is 0.498. The summed E-state index contributed by atoms with van der Waals surface area (Å²) < 4.78 is 5.06. The highest BCUT2D eigenvalue weighted by molar-refractivity contribution is 5.83. The number of fused-ring (bicyclic) bond motifs is 1. The van der Waals surface area contributed by atoms with E-state index in [1.165, 1.54) is 5.56 Å². The van der Waals surface area contributed by atoms with Gasteiger partial charge in [-0.15, -0.1) is 0 Å². The van der Waals surface area contributed by atoms with Crippen molar-refractivity contribution in [3.63, 3.8) is 0 Å². The van der Waals surface area contributed by atoms with Crippen LogP contribution in [0.1, 0.15) is 5.56 Å². The van der Waals surface area contributed by atoms with Crippen LogP contribution in [0.4, 0.5) is 5.69 Å². The van der Waals surface area contributed by atoms with Crippen LogP contribution in [0.2, 0.25) is 0 Å². The second kappa shape index (κ2) is 2.53. The summed E-state index contributed by atoms with van der Waals surface area (Å²) in [5.41, 5.74) is 6.96. The fourth-order valence-electron chi connectivity index (χ4n) is 1.40. The van der Waals surface area contributed by atoms with Gasteiger partial charge in [-0.25, -0.2) is 0 Å². The van der Waals surface area contributed by atoms with Gasteiger partial charge in [0.15, 0.2) is 0 Å². The highest BCUT2D eigenvalue weighted by Gasteiger charge is 2.11. The molecule has 2 rings (SSSR count). The molecule has 12 heavy (non-hydrogen) atoms. The number of hydrazine groups is 1. The normalized spacial score (nSPS) is 10.5. The van der Waals surface area contributed by atoms with E-state index in [1.54, 1.807) is 12.5 Å². The lowest BCUT2D eigenvalue weighted by Crippen LogP contribution is -2.05. The van der Waals surface area contributed by atoms with Gasteiger partial charge in [0, 0.05) is 11.1 Å². The van der Waals surface area contributed by atoms with E-state index in [4.69, 9.17) is 10.3 Å². The van der Waals surface area contributed by atoms with Crippen LogP contribution in [0.25, 0.3) is 11.1 Å². The first-order valence-electron chi connectivity index (χ1n) is 3.75. The molecule has 3 N–H and O–H groups in total. The summed E-state index contributed by atoms with van der Waals surface area (Å²) in [6, 6.07) is 3.90. The van der Waals surface area contributed by atoms with Gasteiger partial charge in [0.1, 0.15) is 0 Å². The summed E-state index contributed by atoms with van der Waals surface area (Å²) in [5, 5.41) is 0. The first-order chi connectivity index (χ1) is 5.83. The molecule has 0 bridgehead atoms. The van der Waals surface area contributed by atoms with Crippen LogP contribution in [-0.2, 0) is 0 Å². The van der Waals surface area contributed by atoms with Crippen LogP contribution in [0.3, 0.4) is 0 Å². The van der Waals surface area contributed by atoms with Gasteiger partial charge < -0.3 is 9.84 Å². The van der Waals surface area contributed by atoms with E-state index >= 15 is 0 Å². The molecule has 0 aromatic rings. The van der Waals surface area contributed by atoms with Crippen molar-refractivity contribution in [3.05, 3.63) is 30.2 Å². The predicted octanol–water partition coefficient (Wildman–Crippen LogP) is 1.98. The zero-order valence-electron chi connectivity index (χ0n) is 6.79. The molecular formula is C9H10N2O. The van der Waals surface area contributed by atoms with Gasteiger partial charge in [-0.3, -0.25) is 5.84 Å². The number of anilines is 1. The van der Waals surface area contributed by atoms with Crippen LogP contribution in [0, 0.1) is 6.92 Å². The van der Waals surface area contributed by atoms with Gasteiger partial charge in [-0.05, 0) is 24.6 Å². The van der Waals surface area contributed by atoms with Crippen LogP contribution in [-0.4, -0.2) is 0 Å². The summed E-state index contributed by atoms with van der Waals surface area (Å²) in [7, 11) is 0. The Labute approximate surface area is 70.5 Å². The Balaban J connectivity index is 2.70. The van der Waals surface area contributed by atoms with Gasteiger partial charge >= 0.3 is 0 Å². The summed E-state index contributed by atoms with van der Waals surface area (Å²) >= 11 is 0. The van der Waals surface area contributed by atoms with Crippen molar-refractivity contribution >= 4 is 5.69 Å². The molecule has 0 atom stereocenters. The fraction of sp³-hybridized carbons (Fsp3) is 0.111. The van der Waals surface area contributed by atoms with Crippen molar-refractivity contribution in [1.82, 2.24) is 0 Å². The van der Waals surface area contributed by atoms with Crippen LogP contribution in [0.5, 0.6) is 0 Å². The lowest BCUT2D eigenvalue weighted by Gasteiger charge is -2.00. The first kappa shape index (κ1) is 7.18. The minimum Gasteiger partial charge on any atom is -0.472 e. The molecule has 1 aliphatic heterocycles.